The summed E-state index contributed by atoms with van der Waals surface area (Å²) >= 11 is 0. The Kier molecular flexibility index (Phi) is 36.9. The number of allylic oxidation sites excluding steroid dienone is 20. The first-order chi connectivity index (χ1) is 36.5. The van der Waals surface area contributed by atoms with Crippen molar-refractivity contribution in [1.82, 2.24) is 0 Å². The quantitative estimate of drug-likeness (QED) is 0.0349. The highest BCUT2D eigenvalue weighted by molar-refractivity contribution is 5.70. The molecule has 4 heteroatoms. The number of carbonyl (C=O) groups is 2. The van der Waals surface area contributed by atoms with E-state index in [2.05, 4.69) is 168 Å². The van der Waals surface area contributed by atoms with E-state index in [-0.39, 0.29) is 35.0 Å². The van der Waals surface area contributed by atoms with Gasteiger partial charge in [0.15, 0.2) is 0 Å². The first-order valence-electron chi connectivity index (χ1n) is 31.3. The third kappa shape index (κ3) is 32.7. The Bertz CT molecular complexity index is 1850. The highest BCUT2D eigenvalue weighted by Crippen LogP contribution is 2.43. The minimum atomic E-state index is -0.0573. The van der Waals surface area contributed by atoms with E-state index in [1.165, 1.54) is 186 Å². The fourth-order valence-electron chi connectivity index (χ4n) is 11.3. The van der Waals surface area contributed by atoms with Gasteiger partial charge in [-0.2, -0.15) is 0 Å². The van der Waals surface area contributed by atoms with Gasteiger partial charge in [0.1, 0.15) is 12.2 Å². The maximum atomic E-state index is 12.8. The van der Waals surface area contributed by atoms with Gasteiger partial charge in [0.2, 0.25) is 0 Å². The first kappa shape index (κ1) is 68.2. The highest BCUT2D eigenvalue weighted by Gasteiger charge is 2.35. The van der Waals surface area contributed by atoms with E-state index in [1.807, 2.05) is 0 Å². The van der Waals surface area contributed by atoms with Gasteiger partial charge in [0.25, 0.3) is 0 Å². The van der Waals surface area contributed by atoms with Crippen molar-refractivity contribution >= 4 is 11.9 Å². The maximum absolute atomic E-state index is 12.8. The predicted octanol–water partition coefficient (Wildman–Crippen LogP) is 22.6. The van der Waals surface area contributed by atoms with Gasteiger partial charge in [-0.25, -0.2) is 0 Å². The molecule has 2 rings (SSSR count). The van der Waals surface area contributed by atoms with Crippen LogP contribution in [0.25, 0.3) is 0 Å². The second-order valence-electron chi connectivity index (χ2n) is 24.6. The van der Waals surface area contributed by atoms with Crippen LogP contribution in [0, 0.1) is 10.8 Å². The monoisotopic (exact) mass is 1040 g/mol. The number of ether oxygens (including phenoxy) is 2. The van der Waals surface area contributed by atoms with Crippen LogP contribution in [-0.4, -0.2) is 24.1 Å². The van der Waals surface area contributed by atoms with Crippen LogP contribution in [-0.2, 0) is 19.1 Å². The lowest BCUT2D eigenvalue weighted by Gasteiger charge is -2.37. The van der Waals surface area contributed by atoms with Gasteiger partial charge in [-0.15, -0.1) is 0 Å². The highest BCUT2D eigenvalue weighted by atomic mass is 16.5. The molecule has 2 aliphatic rings. The fraction of sp³-hybridized carbons (Fsp3) is 0.667. The summed E-state index contributed by atoms with van der Waals surface area (Å²) in [5.74, 6) is -0.0504. The topological polar surface area (TPSA) is 52.6 Å². The third-order valence-corrected chi connectivity index (χ3v) is 15.8. The molecule has 0 spiro atoms. The summed E-state index contributed by atoms with van der Waals surface area (Å²) in [5.41, 5.74) is 9.98. The molecule has 0 saturated carbocycles. The van der Waals surface area contributed by atoms with Gasteiger partial charge in [0.05, 0.1) is 0 Å². The fourth-order valence-corrected chi connectivity index (χ4v) is 11.3. The normalized spacial score (nSPS) is 19.0. The Morgan fingerprint density at radius 3 is 0.961 bits per heavy atom. The second-order valence-corrected chi connectivity index (χ2v) is 24.6. The van der Waals surface area contributed by atoms with E-state index in [9.17, 15) is 9.59 Å². The van der Waals surface area contributed by atoms with E-state index in [0.717, 1.165) is 51.4 Å². The Labute approximate surface area is 470 Å². The molecule has 2 atom stereocenters. The van der Waals surface area contributed by atoms with Gasteiger partial charge in [-0.05, 0) is 89.2 Å². The molecule has 76 heavy (non-hydrogen) atoms. The Morgan fingerprint density at radius 2 is 0.671 bits per heavy atom. The Balaban J connectivity index is 1.73. The molecular weight excluding hydrogens is 929 g/mol. The number of hydrogen-bond donors (Lipinski definition) is 0. The zero-order valence-electron chi connectivity index (χ0n) is 51.5. The molecule has 428 valence electrons. The summed E-state index contributed by atoms with van der Waals surface area (Å²) in [6, 6.07) is 0. The van der Waals surface area contributed by atoms with E-state index in [1.54, 1.807) is 0 Å². The number of carbonyl (C=O) groups excluding carboxylic acids is 2. The van der Waals surface area contributed by atoms with Crippen molar-refractivity contribution in [2.45, 2.75) is 301 Å². The molecule has 0 fully saturated rings. The van der Waals surface area contributed by atoms with Crippen molar-refractivity contribution in [3.05, 3.63) is 130 Å². The lowest BCUT2D eigenvalue weighted by atomic mass is 9.71. The van der Waals surface area contributed by atoms with Gasteiger partial charge in [-0.3, -0.25) is 9.59 Å². The molecule has 0 amide bonds. The zero-order valence-corrected chi connectivity index (χ0v) is 51.5. The Morgan fingerprint density at radius 1 is 0.408 bits per heavy atom. The smallest absolute Gasteiger partial charge is 0.306 e. The molecule has 0 bridgehead atoms. The third-order valence-electron chi connectivity index (χ3n) is 15.8. The van der Waals surface area contributed by atoms with Crippen LogP contribution in [0.1, 0.15) is 289 Å². The zero-order chi connectivity index (χ0) is 55.9. The number of rotatable bonds is 40. The average Bonchev–Trinajstić information content (AvgIpc) is 3.34. The molecule has 2 unspecified atom stereocenters. The first-order valence-corrected chi connectivity index (χ1v) is 31.3. The predicted molar refractivity (Wildman–Crippen MR) is 333 cm³/mol. The summed E-state index contributed by atoms with van der Waals surface area (Å²) in [5, 5.41) is 0. The molecule has 0 saturated heterocycles. The number of unbranched alkanes of at least 4 members (excludes halogenated alkanes) is 24. The van der Waals surface area contributed by atoms with Crippen molar-refractivity contribution in [3.8, 4) is 0 Å². The van der Waals surface area contributed by atoms with Crippen molar-refractivity contribution < 1.29 is 19.1 Å². The van der Waals surface area contributed by atoms with Crippen LogP contribution in [0.3, 0.4) is 0 Å². The van der Waals surface area contributed by atoms with Gasteiger partial charge >= 0.3 is 11.9 Å². The van der Waals surface area contributed by atoms with E-state index < -0.39 is 0 Å². The molecule has 2 aliphatic carbocycles. The van der Waals surface area contributed by atoms with E-state index >= 15 is 0 Å². The van der Waals surface area contributed by atoms with E-state index in [4.69, 9.17) is 9.47 Å². The molecule has 0 N–H and O–H groups in total. The van der Waals surface area contributed by atoms with Crippen LogP contribution in [0.4, 0.5) is 0 Å². The van der Waals surface area contributed by atoms with Crippen molar-refractivity contribution in [1.29, 1.82) is 0 Å². The van der Waals surface area contributed by atoms with Crippen molar-refractivity contribution in [3.63, 3.8) is 0 Å². The summed E-state index contributed by atoms with van der Waals surface area (Å²) in [6.45, 7) is 26.6. The van der Waals surface area contributed by atoms with E-state index in [0.29, 0.717) is 12.8 Å². The summed E-state index contributed by atoms with van der Waals surface area (Å²) in [4.78, 5) is 25.6. The van der Waals surface area contributed by atoms with Crippen LogP contribution < -0.4 is 0 Å². The lowest BCUT2D eigenvalue weighted by molar-refractivity contribution is -0.151. The SMILES string of the molecule is CCCCCCCCCCCCCCCC(=O)OC1CC(C)=C(/C=C/C(C)=C/C=C/C(C)=C\C=C\C=C(C)\C=C\C=C(C)\C=C\C2=C(C)CC(OC(=O)CCCCCCCCCCCCCCC)CC2(C)C)C(C)(C)C1. The van der Waals surface area contributed by atoms with Crippen molar-refractivity contribution in [2.75, 3.05) is 0 Å². The average molecular weight is 1050 g/mol. The standard InChI is InChI=1S/C72H116O4/c1-13-15-17-19-21-23-25-27-29-31-33-35-37-49-69(73)75-65-55-63(7)67(71(9,10)57-65)53-51-61(5)47-41-45-59(3)43-39-40-44-60(4)46-42-48-62(6)52-54-68-64(8)56-66(58-72(68,11)12)76-70(74)50-38-36-34-32-30-28-26-24-22-20-18-16-14-2/h39-48,51-54,65-66H,13-38,49-50,55-58H2,1-12H3/b40-39+,45-41+,46-42+,53-51+,54-52+,59-43-,60-44+,61-47+,62-48+. The summed E-state index contributed by atoms with van der Waals surface area (Å²) in [6.07, 6.45) is 68.6. The minimum absolute atomic E-state index is 0.0252. The van der Waals surface area contributed by atoms with Gasteiger partial charge in [0, 0.05) is 25.7 Å². The number of hydrogen-bond acceptors (Lipinski definition) is 4. The van der Waals surface area contributed by atoms with Crippen LogP contribution in [0.15, 0.2) is 130 Å². The minimum Gasteiger partial charge on any atom is -0.462 e. The molecular formula is C72H116O4. The molecule has 0 aliphatic heterocycles. The largest absolute Gasteiger partial charge is 0.462 e. The lowest BCUT2D eigenvalue weighted by Crippen LogP contribution is -2.31. The van der Waals surface area contributed by atoms with Crippen LogP contribution in [0.2, 0.25) is 0 Å². The van der Waals surface area contributed by atoms with Crippen LogP contribution in [0.5, 0.6) is 0 Å². The molecule has 0 aromatic carbocycles. The van der Waals surface area contributed by atoms with Gasteiger partial charge < -0.3 is 9.47 Å². The van der Waals surface area contributed by atoms with Crippen LogP contribution >= 0.6 is 0 Å². The maximum Gasteiger partial charge on any atom is 0.306 e. The molecule has 0 aromatic heterocycles. The molecule has 4 nitrogen and oxygen atoms in total. The van der Waals surface area contributed by atoms with Crippen molar-refractivity contribution in [2.24, 2.45) is 10.8 Å². The molecule has 0 heterocycles. The second kappa shape index (κ2) is 41.2. The molecule has 0 radical (unpaired) electrons. The molecule has 0 aromatic rings. The van der Waals surface area contributed by atoms with Gasteiger partial charge in [-0.1, -0.05) is 314 Å². The Hall–Kier alpha value is -3.92. The number of esters is 2. The summed E-state index contributed by atoms with van der Waals surface area (Å²) < 4.78 is 12.1. The summed E-state index contributed by atoms with van der Waals surface area (Å²) in [7, 11) is 0.